The molecule has 2 nitrogen and oxygen atoms in total. The Labute approximate surface area is 75.5 Å². The van der Waals surface area contributed by atoms with Crippen LogP contribution < -0.4 is 12.4 Å². The Bertz CT molecular complexity index is 173. The summed E-state index contributed by atoms with van der Waals surface area (Å²) in [5, 5.41) is 0. The summed E-state index contributed by atoms with van der Waals surface area (Å²) in [6.45, 7) is 4.49. The number of hydrogen-bond acceptors (Lipinski definition) is 1. The fraction of sp³-hybridized carbons (Fsp3) is 0.750. The van der Waals surface area contributed by atoms with Gasteiger partial charge in [-0.15, -0.1) is 0 Å². The van der Waals surface area contributed by atoms with Crippen molar-refractivity contribution in [3.05, 3.63) is 12.4 Å². The molecule has 1 heterocycles. The molecule has 1 aliphatic heterocycles. The lowest BCUT2D eigenvalue weighted by atomic mass is 10.2. The SMILES string of the molecule is CN1C=C[N+](C)(C)C1(C)C.[Cl-]. The van der Waals surface area contributed by atoms with E-state index in [0.29, 0.717) is 0 Å². The van der Waals surface area contributed by atoms with Crippen molar-refractivity contribution >= 4 is 0 Å². The maximum absolute atomic E-state index is 2.24. The molecular formula is C8H17ClN2. The van der Waals surface area contributed by atoms with Crippen LogP contribution in [0, 0.1) is 0 Å². The maximum Gasteiger partial charge on any atom is 0.172 e. The van der Waals surface area contributed by atoms with Gasteiger partial charge in [-0.05, 0) is 0 Å². The summed E-state index contributed by atoms with van der Waals surface area (Å²) >= 11 is 0. The number of quaternary nitrogens is 1. The lowest BCUT2D eigenvalue weighted by Gasteiger charge is -2.40. The second-order valence-corrected chi connectivity index (χ2v) is 3.94. The zero-order valence-corrected chi connectivity index (χ0v) is 8.68. The Morgan fingerprint density at radius 1 is 1.27 bits per heavy atom. The maximum atomic E-state index is 2.24. The number of nitrogens with zero attached hydrogens (tertiary/aromatic N) is 2. The summed E-state index contributed by atoms with van der Waals surface area (Å²) in [5.41, 5.74) is 0.208. The van der Waals surface area contributed by atoms with Crippen molar-refractivity contribution in [2.24, 2.45) is 0 Å². The highest BCUT2D eigenvalue weighted by molar-refractivity contribution is 4.89. The topological polar surface area (TPSA) is 3.24 Å². The smallest absolute Gasteiger partial charge is 0.172 e. The van der Waals surface area contributed by atoms with E-state index in [1.807, 2.05) is 0 Å². The summed E-state index contributed by atoms with van der Waals surface area (Å²) in [6, 6.07) is 0. The Morgan fingerprint density at radius 3 is 1.82 bits per heavy atom. The van der Waals surface area contributed by atoms with E-state index in [-0.39, 0.29) is 18.1 Å². The Balaban J connectivity index is 0.000001000. The van der Waals surface area contributed by atoms with Gasteiger partial charge in [-0.1, -0.05) is 0 Å². The lowest BCUT2D eigenvalue weighted by molar-refractivity contribution is -0.894. The van der Waals surface area contributed by atoms with Gasteiger partial charge in [-0.2, -0.15) is 0 Å². The van der Waals surface area contributed by atoms with E-state index in [1.165, 1.54) is 0 Å². The van der Waals surface area contributed by atoms with Crippen LogP contribution in [-0.2, 0) is 0 Å². The largest absolute Gasteiger partial charge is 1.00 e. The Kier molecular flexibility index (Phi) is 2.63. The van der Waals surface area contributed by atoms with Crippen molar-refractivity contribution in [1.29, 1.82) is 0 Å². The van der Waals surface area contributed by atoms with Gasteiger partial charge in [0.1, 0.15) is 6.20 Å². The van der Waals surface area contributed by atoms with Gasteiger partial charge in [0.15, 0.2) is 5.66 Å². The zero-order valence-electron chi connectivity index (χ0n) is 7.93. The minimum Gasteiger partial charge on any atom is -1.00 e. The van der Waals surface area contributed by atoms with Crippen molar-refractivity contribution in [1.82, 2.24) is 4.90 Å². The number of hydrogen-bond donors (Lipinski definition) is 0. The minimum atomic E-state index is 0. The average Bonchev–Trinajstić information content (AvgIpc) is 1.94. The van der Waals surface area contributed by atoms with E-state index in [9.17, 15) is 0 Å². The summed E-state index contributed by atoms with van der Waals surface area (Å²) in [6.07, 6.45) is 4.35. The second kappa shape index (κ2) is 2.68. The molecule has 11 heavy (non-hydrogen) atoms. The van der Waals surface area contributed by atoms with Crippen LogP contribution in [0.5, 0.6) is 0 Å². The molecule has 0 bridgehead atoms. The molecule has 66 valence electrons. The summed E-state index contributed by atoms with van der Waals surface area (Å²) in [4.78, 5) is 2.24. The van der Waals surface area contributed by atoms with Gasteiger partial charge in [0.2, 0.25) is 0 Å². The number of rotatable bonds is 0. The molecule has 0 radical (unpaired) electrons. The molecule has 0 aromatic heterocycles. The Morgan fingerprint density at radius 2 is 1.73 bits per heavy atom. The monoisotopic (exact) mass is 176 g/mol. The Hall–Kier alpha value is -0.210. The third-order valence-electron chi connectivity index (χ3n) is 2.94. The third kappa shape index (κ3) is 1.37. The van der Waals surface area contributed by atoms with Crippen LogP contribution in [0.3, 0.4) is 0 Å². The molecular weight excluding hydrogens is 160 g/mol. The minimum absolute atomic E-state index is 0. The van der Waals surface area contributed by atoms with Crippen molar-refractivity contribution in [3.63, 3.8) is 0 Å². The molecule has 0 saturated heterocycles. The van der Waals surface area contributed by atoms with Crippen molar-refractivity contribution in [2.75, 3.05) is 21.1 Å². The van der Waals surface area contributed by atoms with Crippen molar-refractivity contribution in [3.8, 4) is 0 Å². The van der Waals surface area contributed by atoms with E-state index in [1.54, 1.807) is 0 Å². The van der Waals surface area contributed by atoms with Crippen LogP contribution in [0.2, 0.25) is 0 Å². The van der Waals surface area contributed by atoms with E-state index in [4.69, 9.17) is 0 Å². The van der Waals surface area contributed by atoms with Crippen LogP contribution in [-0.4, -0.2) is 36.2 Å². The summed E-state index contributed by atoms with van der Waals surface area (Å²) in [5.74, 6) is 0. The van der Waals surface area contributed by atoms with Crippen molar-refractivity contribution < 1.29 is 16.9 Å². The molecule has 0 unspecified atom stereocenters. The van der Waals surface area contributed by atoms with Crippen molar-refractivity contribution in [2.45, 2.75) is 19.5 Å². The second-order valence-electron chi connectivity index (χ2n) is 3.94. The quantitative estimate of drug-likeness (QED) is 0.395. The van der Waals surface area contributed by atoms with Crippen LogP contribution in [0.25, 0.3) is 0 Å². The van der Waals surface area contributed by atoms with Crippen LogP contribution >= 0.6 is 0 Å². The molecule has 0 aromatic carbocycles. The highest BCUT2D eigenvalue weighted by Crippen LogP contribution is 2.29. The van der Waals surface area contributed by atoms with Crippen LogP contribution in [0.1, 0.15) is 13.8 Å². The molecule has 0 aromatic rings. The third-order valence-corrected chi connectivity index (χ3v) is 2.94. The van der Waals surface area contributed by atoms with E-state index < -0.39 is 0 Å². The van der Waals surface area contributed by atoms with Gasteiger partial charge in [-0.25, -0.2) is 0 Å². The summed E-state index contributed by atoms with van der Waals surface area (Å²) < 4.78 is 0.934. The van der Waals surface area contributed by atoms with Crippen LogP contribution in [0.15, 0.2) is 12.4 Å². The first-order chi connectivity index (χ1) is 4.38. The average molecular weight is 177 g/mol. The molecule has 0 saturated carbocycles. The van der Waals surface area contributed by atoms with E-state index in [2.05, 4.69) is 52.3 Å². The van der Waals surface area contributed by atoms with E-state index in [0.717, 1.165) is 4.48 Å². The summed E-state index contributed by atoms with van der Waals surface area (Å²) in [7, 11) is 6.53. The van der Waals surface area contributed by atoms with Gasteiger partial charge in [-0.3, -0.25) is 4.48 Å². The molecule has 0 N–H and O–H groups in total. The standard InChI is InChI=1S/C8H17N2.ClH/c1-8(2)9(3)6-7-10(8,4)5;/h6-7H,1-5H3;1H/q+1;/p-1. The van der Waals surface area contributed by atoms with E-state index >= 15 is 0 Å². The van der Waals surface area contributed by atoms with Gasteiger partial charge < -0.3 is 17.3 Å². The van der Waals surface area contributed by atoms with Gasteiger partial charge >= 0.3 is 0 Å². The molecule has 1 rings (SSSR count). The molecule has 1 aliphatic rings. The first-order valence-electron chi connectivity index (χ1n) is 3.64. The molecule has 3 heteroatoms. The zero-order chi connectivity index (χ0) is 7.99. The van der Waals surface area contributed by atoms with Gasteiger partial charge in [0.25, 0.3) is 0 Å². The molecule has 0 aliphatic carbocycles. The first-order valence-corrected chi connectivity index (χ1v) is 3.64. The molecule has 0 atom stereocenters. The molecule has 0 spiro atoms. The highest BCUT2D eigenvalue weighted by Gasteiger charge is 2.42. The van der Waals surface area contributed by atoms with Gasteiger partial charge in [0, 0.05) is 20.9 Å². The fourth-order valence-electron chi connectivity index (χ4n) is 1.04. The lowest BCUT2D eigenvalue weighted by Crippen LogP contribution is -3.00. The number of halogens is 1. The molecule has 0 amide bonds. The first kappa shape index (κ1) is 10.8. The highest BCUT2D eigenvalue weighted by atomic mass is 35.5. The van der Waals surface area contributed by atoms with Crippen LogP contribution in [0.4, 0.5) is 0 Å². The van der Waals surface area contributed by atoms with Gasteiger partial charge in [0.05, 0.1) is 20.3 Å². The normalized spacial score (nSPS) is 25.0. The predicted octanol–water partition coefficient (Wildman–Crippen LogP) is -1.78. The fourth-order valence-corrected chi connectivity index (χ4v) is 1.04. The molecule has 0 fully saturated rings. The predicted molar refractivity (Wildman–Crippen MR) is 43.1 cm³/mol.